The highest BCUT2D eigenvalue weighted by Gasteiger charge is 2.18. The zero-order valence-corrected chi connectivity index (χ0v) is 14.8. The van der Waals surface area contributed by atoms with Gasteiger partial charge in [0, 0.05) is 16.7 Å². The lowest BCUT2D eigenvalue weighted by Crippen LogP contribution is -2.25. The fourth-order valence-corrected chi connectivity index (χ4v) is 2.68. The van der Waals surface area contributed by atoms with Crippen LogP contribution in [0.2, 0.25) is 0 Å². The largest absolute Gasteiger partial charge is 0.496 e. The van der Waals surface area contributed by atoms with Gasteiger partial charge in [-0.2, -0.15) is 0 Å². The molecule has 1 N–H and O–H groups in total. The highest BCUT2D eigenvalue weighted by atomic mass is 16.7. The Labute approximate surface area is 157 Å². The molecule has 27 heavy (non-hydrogen) atoms. The van der Waals surface area contributed by atoms with Gasteiger partial charge in [-0.05, 0) is 12.1 Å². The van der Waals surface area contributed by atoms with Gasteiger partial charge in [-0.15, -0.1) is 0 Å². The van der Waals surface area contributed by atoms with E-state index in [9.17, 15) is 9.59 Å². The zero-order valence-electron chi connectivity index (χ0n) is 14.8. The van der Waals surface area contributed by atoms with Crippen LogP contribution in [0.15, 0.2) is 78.9 Å². The molecule has 0 aliphatic rings. The van der Waals surface area contributed by atoms with Crippen LogP contribution in [0.1, 0.15) is 31.8 Å². The Hall–Kier alpha value is -3.44. The van der Waals surface area contributed by atoms with Crippen molar-refractivity contribution in [1.29, 1.82) is 0 Å². The normalized spacial score (nSPS) is 10.3. The minimum absolute atomic E-state index is 0.143. The summed E-state index contributed by atoms with van der Waals surface area (Å²) in [5.41, 5.74) is 4.30. The van der Waals surface area contributed by atoms with Crippen LogP contribution in [0, 0.1) is 0 Å². The highest BCUT2D eigenvalue weighted by Crippen LogP contribution is 2.18. The van der Waals surface area contributed by atoms with Crippen LogP contribution in [0.25, 0.3) is 0 Å². The Balaban J connectivity index is 1.71. The second-order valence-electron chi connectivity index (χ2n) is 5.77. The van der Waals surface area contributed by atoms with Gasteiger partial charge in [-0.1, -0.05) is 66.7 Å². The number of carbonyl (C=O) groups excluding carboxylic acids is 2. The molecule has 0 aliphatic carbocycles. The number of carbonyl (C=O) groups is 2. The van der Waals surface area contributed by atoms with E-state index in [4.69, 9.17) is 9.57 Å². The molecule has 1 amide bonds. The van der Waals surface area contributed by atoms with Gasteiger partial charge < -0.3 is 4.74 Å². The monoisotopic (exact) mass is 361 g/mol. The van der Waals surface area contributed by atoms with E-state index in [2.05, 4.69) is 5.48 Å². The van der Waals surface area contributed by atoms with Crippen molar-refractivity contribution in [2.45, 2.75) is 6.61 Å². The lowest BCUT2D eigenvalue weighted by Gasteiger charge is -2.11. The lowest BCUT2D eigenvalue weighted by atomic mass is 9.98. The van der Waals surface area contributed by atoms with Gasteiger partial charge in [0.25, 0.3) is 5.91 Å². The molecule has 0 aliphatic heterocycles. The molecule has 0 saturated carbocycles. The summed E-state index contributed by atoms with van der Waals surface area (Å²) in [7, 11) is 1.57. The van der Waals surface area contributed by atoms with Gasteiger partial charge in [0.1, 0.15) is 12.4 Å². The van der Waals surface area contributed by atoms with Crippen LogP contribution >= 0.6 is 0 Å². The Morgan fingerprint density at radius 1 is 0.815 bits per heavy atom. The number of para-hydroxylation sites is 1. The molecule has 0 radical (unpaired) electrons. The molecule has 0 atom stereocenters. The maximum absolute atomic E-state index is 12.7. The topological polar surface area (TPSA) is 64.6 Å². The van der Waals surface area contributed by atoms with E-state index in [0.29, 0.717) is 16.9 Å². The SMILES string of the molecule is COc1ccccc1CONC(=O)c1ccccc1C(=O)c1ccccc1. The first-order valence-electron chi connectivity index (χ1n) is 8.43. The summed E-state index contributed by atoms with van der Waals surface area (Å²) in [6, 6.07) is 22.9. The first-order chi connectivity index (χ1) is 13.2. The van der Waals surface area contributed by atoms with Gasteiger partial charge in [-0.25, -0.2) is 5.48 Å². The fourth-order valence-electron chi connectivity index (χ4n) is 2.68. The van der Waals surface area contributed by atoms with Crippen molar-refractivity contribution in [3.63, 3.8) is 0 Å². The molecule has 0 aromatic heterocycles. The third-order valence-electron chi connectivity index (χ3n) is 4.04. The number of hydrogen-bond acceptors (Lipinski definition) is 4. The van der Waals surface area contributed by atoms with E-state index in [-0.39, 0.29) is 18.0 Å². The Kier molecular flexibility index (Phi) is 5.97. The van der Waals surface area contributed by atoms with Gasteiger partial charge in [0.05, 0.1) is 12.7 Å². The Morgan fingerprint density at radius 2 is 1.44 bits per heavy atom. The van der Waals surface area contributed by atoms with Crippen LogP contribution in [-0.2, 0) is 11.4 Å². The van der Waals surface area contributed by atoms with Crippen molar-refractivity contribution >= 4 is 11.7 Å². The average molecular weight is 361 g/mol. The second kappa shape index (κ2) is 8.78. The molecular weight excluding hydrogens is 342 g/mol. The van der Waals surface area contributed by atoms with Gasteiger partial charge in [0.2, 0.25) is 0 Å². The maximum Gasteiger partial charge on any atom is 0.275 e. The van der Waals surface area contributed by atoms with E-state index in [0.717, 1.165) is 5.56 Å². The molecule has 0 heterocycles. The summed E-state index contributed by atoms with van der Waals surface area (Å²) in [4.78, 5) is 30.6. The number of nitrogens with one attached hydrogen (secondary N) is 1. The van der Waals surface area contributed by atoms with E-state index in [1.165, 1.54) is 0 Å². The summed E-state index contributed by atoms with van der Waals surface area (Å²) in [6.45, 7) is 0.143. The molecule has 3 rings (SSSR count). The Morgan fingerprint density at radius 3 is 2.19 bits per heavy atom. The summed E-state index contributed by atoms with van der Waals surface area (Å²) < 4.78 is 5.25. The number of hydrogen-bond donors (Lipinski definition) is 1. The van der Waals surface area contributed by atoms with Crippen molar-refractivity contribution < 1.29 is 19.2 Å². The summed E-state index contributed by atoms with van der Waals surface area (Å²) in [5, 5.41) is 0. The van der Waals surface area contributed by atoms with E-state index in [1.54, 1.807) is 55.6 Å². The minimum Gasteiger partial charge on any atom is -0.496 e. The number of methoxy groups -OCH3 is 1. The van der Waals surface area contributed by atoms with Crippen molar-refractivity contribution in [2.75, 3.05) is 7.11 Å². The third-order valence-corrected chi connectivity index (χ3v) is 4.04. The van der Waals surface area contributed by atoms with Gasteiger partial charge in [-0.3, -0.25) is 14.4 Å². The molecule has 136 valence electrons. The molecule has 5 heteroatoms. The number of amides is 1. The minimum atomic E-state index is -0.482. The van der Waals surface area contributed by atoms with E-state index < -0.39 is 5.91 Å². The summed E-state index contributed by atoms with van der Waals surface area (Å²) >= 11 is 0. The summed E-state index contributed by atoms with van der Waals surface area (Å²) in [5.74, 6) is -0.0257. The van der Waals surface area contributed by atoms with Crippen molar-refractivity contribution in [2.24, 2.45) is 0 Å². The number of rotatable bonds is 7. The van der Waals surface area contributed by atoms with Crippen molar-refractivity contribution in [3.05, 3.63) is 101 Å². The van der Waals surface area contributed by atoms with E-state index >= 15 is 0 Å². The molecule has 3 aromatic rings. The quantitative estimate of drug-likeness (QED) is 0.514. The van der Waals surface area contributed by atoms with Gasteiger partial charge >= 0.3 is 0 Å². The van der Waals surface area contributed by atoms with Crippen LogP contribution in [0.4, 0.5) is 0 Å². The first kappa shape index (κ1) is 18.4. The number of benzene rings is 3. The predicted octanol–water partition coefficient (Wildman–Crippen LogP) is 3.79. The molecule has 3 aromatic carbocycles. The zero-order chi connectivity index (χ0) is 19.1. The maximum atomic E-state index is 12.7. The fraction of sp³-hybridized carbons (Fsp3) is 0.0909. The lowest BCUT2D eigenvalue weighted by molar-refractivity contribution is 0.0226. The second-order valence-corrected chi connectivity index (χ2v) is 5.77. The third kappa shape index (κ3) is 4.40. The van der Waals surface area contributed by atoms with Crippen LogP contribution in [-0.4, -0.2) is 18.8 Å². The molecule has 0 bridgehead atoms. The standard InChI is InChI=1S/C22H19NO4/c1-26-20-14-8-5-11-17(20)15-27-23-22(25)19-13-7-6-12-18(19)21(24)16-9-3-2-4-10-16/h2-14H,15H2,1H3,(H,23,25). The van der Waals surface area contributed by atoms with E-state index in [1.807, 2.05) is 30.3 Å². The smallest absolute Gasteiger partial charge is 0.275 e. The number of hydroxylamine groups is 1. The molecule has 0 unspecified atom stereocenters. The summed E-state index contributed by atoms with van der Waals surface area (Å²) in [6.07, 6.45) is 0. The average Bonchev–Trinajstić information content (AvgIpc) is 2.74. The molecule has 0 saturated heterocycles. The van der Waals surface area contributed by atoms with Crippen LogP contribution in [0.3, 0.4) is 0 Å². The molecule has 5 nitrogen and oxygen atoms in total. The number of ketones is 1. The predicted molar refractivity (Wildman–Crippen MR) is 102 cm³/mol. The van der Waals surface area contributed by atoms with Crippen molar-refractivity contribution in [1.82, 2.24) is 5.48 Å². The molecule has 0 spiro atoms. The Bertz CT molecular complexity index is 938. The molecule has 0 fully saturated rings. The van der Waals surface area contributed by atoms with Gasteiger partial charge in [0.15, 0.2) is 5.78 Å². The van der Waals surface area contributed by atoms with Crippen LogP contribution in [0.5, 0.6) is 5.75 Å². The highest BCUT2D eigenvalue weighted by molar-refractivity contribution is 6.15. The molecular formula is C22H19NO4. The van der Waals surface area contributed by atoms with Crippen molar-refractivity contribution in [3.8, 4) is 5.75 Å². The number of ether oxygens (including phenoxy) is 1. The van der Waals surface area contributed by atoms with Crippen LogP contribution < -0.4 is 10.2 Å². The first-order valence-corrected chi connectivity index (χ1v) is 8.43.